The van der Waals surface area contributed by atoms with E-state index in [4.69, 9.17) is 48.6 Å². The maximum Gasteiger partial charge on any atom is 0.187 e. The van der Waals surface area contributed by atoms with Crippen molar-refractivity contribution in [1.82, 2.24) is 0 Å². The molecule has 3 aliphatic heterocycles. The van der Waals surface area contributed by atoms with Crippen LogP contribution in [-0.4, -0.2) is 0 Å². The van der Waals surface area contributed by atoms with Crippen LogP contribution < -0.4 is 52.6 Å². The molecule has 0 amide bonds. The summed E-state index contributed by atoms with van der Waals surface area (Å²) in [5.41, 5.74) is 10.5. The van der Waals surface area contributed by atoms with Gasteiger partial charge in [-0.25, -0.2) is 9.69 Å². The highest BCUT2D eigenvalue weighted by Crippen LogP contribution is 2.66. The lowest BCUT2D eigenvalue weighted by atomic mass is 10.0. The minimum Gasteiger partial charge on any atom is -0.306 e. The minimum absolute atomic E-state index is 0.555. The second-order valence-corrected chi connectivity index (χ2v) is 29.8. The highest BCUT2D eigenvalue weighted by atomic mass is 32.4. The first-order valence-corrected chi connectivity index (χ1v) is 29.9. The first-order chi connectivity index (χ1) is 32.7. The average Bonchev–Trinajstić information content (AvgIpc) is 3.40. The summed E-state index contributed by atoms with van der Waals surface area (Å²) in [4.78, 5) is 10.1. The largest absolute Gasteiger partial charge is 0.306 e. The van der Waals surface area contributed by atoms with Gasteiger partial charge in [0.1, 0.15) is 0 Å². The molecule has 3 heterocycles. The third kappa shape index (κ3) is 6.03. The van der Waals surface area contributed by atoms with Gasteiger partial charge in [0, 0.05) is 49.9 Å². The van der Waals surface area contributed by atoms with E-state index in [0.29, 0.717) is 16.9 Å². The molecule has 0 saturated heterocycles. The van der Waals surface area contributed by atoms with Crippen molar-refractivity contribution in [3.63, 3.8) is 0 Å². The summed E-state index contributed by atoms with van der Waals surface area (Å²) in [5.74, 6) is 0. The number of rotatable bonds is 6. The summed E-state index contributed by atoms with van der Waals surface area (Å²) in [7, 11) is 0. The predicted octanol–water partition coefficient (Wildman–Crippen LogP) is 11.3. The minimum atomic E-state index is -3.01. The summed E-state index contributed by atoms with van der Waals surface area (Å²) in [6.07, 6.45) is 0. The van der Waals surface area contributed by atoms with Gasteiger partial charge in [-0.05, 0) is 104 Å². The van der Waals surface area contributed by atoms with E-state index in [1.165, 1.54) is 0 Å². The zero-order valence-corrected chi connectivity index (χ0v) is 40.5. The molecule has 0 bridgehead atoms. The van der Waals surface area contributed by atoms with Crippen molar-refractivity contribution >= 4 is 130 Å². The van der Waals surface area contributed by atoms with E-state index in [0.717, 1.165) is 98.2 Å². The van der Waals surface area contributed by atoms with E-state index in [2.05, 4.69) is 142 Å². The third-order valence-corrected chi connectivity index (χ3v) is 27.9. The van der Waals surface area contributed by atoms with E-state index in [1.54, 1.807) is 0 Å². The quantitative estimate of drug-likeness (QED) is 0.123. The molecule has 0 aliphatic carbocycles. The van der Waals surface area contributed by atoms with Crippen LogP contribution in [0.1, 0.15) is 5.56 Å². The molecule has 67 heavy (non-hydrogen) atoms. The molecule has 0 N–H and O–H groups in total. The fraction of sp³-hybridized carbons (Fsp3) is 0. The van der Waals surface area contributed by atoms with Gasteiger partial charge in [-0.2, -0.15) is 5.26 Å². The number of hydrogen-bond donors (Lipinski definition) is 0. The molecule has 0 aromatic heterocycles. The number of nitrogens with zero attached hydrogens (tertiary/aromatic N) is 4. The second kappa shape index (κ2) is 15.6. The van der Waals surface area contributed by atoms with Gasteiger partial charge in [0.05, 0.1) is 41.8 Å². The zero-order chi connectivity index (χ0) is 45.7. The molecule has 10 heteroatoms. The maximum absolute atomic E-state index is 10.2. The van der Waals surface area contributed by atoms with Crippen LogP contribution in [0.3, 0.4) is 0 Å². The Morgan fingerprint density at radius 2 is 0.746 bits per heavy atom. The fourth-order valence-electron chi connectivity index (χ4n) is 10.2. The Balaban J connectivity index is 1.33. The van der Waals surface area contributed by atoms with Crippen LogP contribution in [0.2, 0.25) is 0 Å². The molecule has 0 saturated carbocycles. The highest BCUT2D eigenvalue weighted by molar-refractivity contribution is 8.28. The Morgan fingerprint density at radius 1 is 0.373 bits per heavy atom. The molecular weight excluding hydrogens is 930 g/mol. The van der Waals surface area contributed by atoms with Gasteiger partial charge in [0.25, 0.3) is 0 Å². The van der Waals surface area contributed by atoms with Crippen molar-refractivity contribution in [2.24, 2.45) is 0 Å². The van der Waals surface area contributed by atoms with Gasteiger partial charge in [-0.3, -0.25) is 0 Å². The summed E-state index contributed by atoms with van der Waals surface area (Å²) in [5, 5.41) is 19.7. The molecule has 9 aromatic carbocycles. The van der Waals surface area contributed by atoms with Gasteiger partial charge in [-0.15, -0.1) is 0 Å². The molecule has 3 unspecified atom stereocenters. The van der Waals surface area contributed by atoms with Gasteiger partial charge in [0.15, 0.2) is 11.4 Å². The Hall–Kier alpha value is -6.80. The van der Waals surface area contributed by atoms with Crippen LogP contribution in [0.5, 0.6) is 0 Å². The van der Waals surface area contributed by atoms with E-state index in [1.807, 2.05) is 78.9 Å². The number of benzene rings is 9. The summed E-state index contributed by atoms with van der Waals surface area (Å²) < 4.78 is 0. The van der Waals surface area contributed by atoms with Crippen molar-refractivity contribution < 1.29 is 0 Å². The Morgan fingerprint density at radius 3 is 1.13 bits per heavy atom. The first-order valence-electron chi connectivity index (χ1n) is 21.5. The van der Waals surface area contributed by atoms with Gasteiger partial charge >= 0.3 is 0 Å². The molecule has 9 aromatic rings. The van der Waals surface area contributed by atoms with E-state index >= 15 is 0 Å². The van der Waals surface area contributed by atoms with Crippen molar-refractivity contribution in [3.05, 3.63) is 229 Å². The van der Waals surface area contributed by atoms with Crippen LogP contribution >= 0.6 is 18.1 Å². The highest BCUT2D eigenvalue weighted by Gasteiger charge is 2.53. The molecule has 0 spiro atoms. The second-order valence-electron chi connectivity index (χ2n) is 16.8. The first kappa shape index (κ1) is 41.6. The van der Waals surface area contributed by atoms with Crippen LogP contribution in [0.4, 0.5) is 28.4 Å². The molecular formula is C57H33N4P3S3. The van der Waals surface area contributed by atoms with E-state index < -0.39 is 18.1 Å². The fourth-order valence-corrected chi connectivity index (χ4v) is 23.3. The van der Waals surface area contributed by atoms with Gasteiger partial charge in [-0.1, -0.05) is 181 Å². The summed E-state index contributed by atoms with van der Waals surface area (Å²) >= 11 is 22.6. The molecule has 0 fully saturated rings. The van der Waals surface area contributed by atoms with Crippen molar-refractivity contribution in [2.75, 3.05) is 4.90 Å². The standard InChI is InChI=1S/C57H33N4P3S3/c1-59-44-26-24-38(25-27-44)41-30-49-55-50(31-41)63(66,47-20-8-4-9-21-47)53-34-43(40-16-13-17-45(29-40)60-2)35-54-57(53)61(55)56-51(62(49,65)46-18-6-3-7-19-46)32-42(39-15-12-14-37(28-39)36-58)33-52(56)64(54,67)48-22-10-5-11-23-48/h3-35H. The van der Waals surface area contributed by atoms with Crippen LogP contribution in [0.15, 0.2) is 200 Å². The van der Waals surface area contributed by atoms with Crippen molar-refractivity contribution in [3.8, 4) is 39.4 Å². The smallest absolute Gasteiger partial charge is 0.187 e. The Labute approximate surface area is 405 Å². The van der Waals surface area contributed by atoms with Crippen molar-refractivity contribution in [2.45, 2.75) is 0 Å². The summed E-state index contributed by atoms with van der Waals surface area (Å²) in [6.45, 7) is 15.7. The molecule has 3 aliphatic rings. The molecule has 3 atom stereocenters. The lowest BCUT2D eigenvalue weighted by Gasteiger charge is -2.52. The lowest BCUT2D eigenvalue weighted by Crippen LogP contribution is -2.52. The lowest BCUT2D eigenvalue weighted by molar-refractivity contribution is 1.33. The predicted molar refractivity (Wildman–Crippen MR) is 294 cm³/mol. The third-order valence-electron chi connectivity index (χ3n) is 13.2. The molecule has 4 nitrogen and oxygen atoms in total. The Bertz CT molecular complexity index is 3690. The normalized spacial score (nSPS) is 19.0. The number of anilines is 3. The van der Waals surface area contributed by atoms with Gasteiger partial charge in [0.2, 0.25) is 0 Å². The van der Waals surface area contributed by atoms with Crippen LogP contribution in [0, 0.1) is 24.5 Å². The SMILES string of the molecule is [C-]#[N+]c1ccc(-c2cc3c4c(c2)P(=S)(c2ccccc2)c2cc(-c5cccc([N+]#[C-])c5)cc5c2N4c2c(cc(-c4cccc(C#N)c4)cc2P5(=S)c2ccccc2)P3(=S)c2ccccc2)cc1. The molecule has 0 radical (unpaired) electrons. The molecule has 314 valence electrons. The maximum atomic E-state index is 10.2. The average molecular weight is 963 g/mol. The molecule has 12 rings (SSSR count). The number of nitriles is 1. The Kier molecular flexibility index (Phi) is 9.72. The van der Waals surface area contributed by atoms with Crippen LogP contribution in [0.25, 0.3) is 43.1 Å². The van der Waals surface area contributed by atoms with E-state index in [9.17, 15) is 5.26 Å². The van der Waals surface area contributed by atoms with Gasteiger partial charge < -0.3 is 4.90 Å². The zero-order valence-electron chi connectivity index (χ0n) is 35.4. The van der Waals surface area contributed by atoms with Crippen molar-refractivity contribution in [1.29, 1.82) is 5.26 Å². The van der Waals surface area contributed by atoms with Crippen LogP contribution in [-0.2, 0) is 35.4 Å². The monoisotopic (exact) mass is 962 g/mol. The number of hydrogen-bond acceptors (Lipinski definition) is 5. The van der Waals surface area contributed by atoms with E-state index in [-0.39, 0.29) is 0 Å². The topological polar surface area (TPSA) is 35.8 Å². The summed E-state index contributed by atoms with van der Waals surface area (Å²) in [6, 6.07) is 62.4.